The van der Waals surface area contributed by atoms with Crippen LogP contribution in [0.15, 0.2) is 48.7 Å². The third kappa shape index (κ3) is 3.15. The Morgan fingerprint density at radius 3 is 2.84 bits per heavy atom. The second kappa shape index (κ2) is 6.69. The van der Waals surface area contributed by atoms with E-state index in [0.717, 1.165) is 43.4 Å². The SMILES string of the molecule is COc1c2c(nn1-c1ccccn1)CN(Cc1cccc(C)c1)CC2. The second-order valence-corrected chi connectivity index (χ2v) is 6.48. The minimum Gasteiger partial charge on any atom is -0.481 e. The van der Waals surface area contributed by atoms with Gasteiger partial charge in [-0.3, -0.25) is 4.90 Å². The molecule has 3 heterocycles. The van der Waals surface area contributed by atoms with Crippen LogP contribution in [0.2, 0.25) is 0 Å². The molecule has 128 valence electrons. The number of aryl methyl sites for hydroxylation is 1. The van der Waals surface area contributed by atoms with Crippen LogP contribution >= 0.6 is 0 Å². The van der Waals surface area contributed by atoms with E-state index in [9.17, 15) is 0 Å². The standard InChI is InChI=1S/C20H22N4O/c1-15-6-5-7-16(12-15)13-23-11-9-17-18(14-23)22-24(20(17)25-2)19-8-3-4-10-21-19/h3-8,10,12H,9,11,13-14H2,1-2H3. The summed E-state index contributed by atoms with van der Waals surface area (Å²) in [4.78, 5) is 6.84. The summed E-state index contributed by atoms with van der Waals surface area (Å²) in [6.45, 7) is 4.92. The molecule has 2 aromatic heterocycles. The van der Waals surface area contributed by atoms with Crippen LogP contribution in [0.1, 0.15) is 22.4 Å². The van der Waals surface area contributed by atoms with Gasteiger partial charge in [0.15, 0.2) is 5.82 Å². The van der Waals surface area contributed by atoms with Crippen LogP contribution in [0.5, 0.6) is 5.88 Å². The second-order valence-electron chi connectivity index (χ2n) is 6.48. The number of nitrogens with zero attached hydrogens (tertiary/aromatic N) is 4. The number of ether oxygens (including phenoxy) is 1. The maximum atomic E-state index is 5.65. The third-order valence-corrected chi connectivity index (χ3v) is 4.62. The van der Waals surface area contributed by atoms with Crippen molar-refractivity contribution in [3.8, 4) is 11.7 Å². The maximum absolute atomic E-state index is 5.65. The molecule has 0 unspecified atom stereocenters. The van der Waals surface area contributed by atoms with Crippen LogP contribution in [-0.4, -0.2) is 33.3 Å². The van der Waals surface area contributed by atoms with E-state index in [0.29, 0.717) is 0 Å². The molecular formula is C20H22N4O. The number of methoxy groups -OCH3 is 1. The average Bonchev–Trinajstić information content (AvgIpc) is 3.00. The lowest BCUT2D eigenvalue weighted by molar-refractivity contribution is 0.241. The summed E-state index contributed by atoms with van der Waals surface area (Å²) in [5, 5.41) is 4.79. The van der Waals surface area contributed by atoms with E-state index in [-0.39, 0.29) is 0 Å². The van der Waals surface area contributed by atoms with Gasteiger partial charge in [0.05, 0.1) is 12.8 Å². The van der Waals surface area contributed by atoms with Gasteiger partial charge in [0.1, 0.15) is 0 Å². The Hall–Kier alpha value is -2.66. The van der Waals surface area contributed by atoms with Crippen molar-refractivity contribution >= 4 is 0 Å². The molecule has 0 aliphatic carbocycles. The van der Waals surface area contributed by atoms with Crippen molar-refractivity contribution < 1.29 is 4.74 Å². The highest BCUT2D eigenvalue weighted by atomic mass is 16.5. The molecule has 0 amide bonds. The monoisotopic (exact) mass is 334 g/mol. The Balaban J connectivity index is 1.60. The quantitative estimate of drug-likeness (QED) is 0.735. The predicted molar refractivity (Wildman–Crippen MR) is 96.9 cm³/mol. The molecule has 0 N–H and O–H groups in total. The Kier molecular flexibility index (Phi) is 4.24. The normalized spacial score (nSPS) is 14.3. The molecule has 0 saturated carbocycles. The highest BCUT2D eigenvalue weighted by Gasteiger charge is 2.26. The zero-order chi connectivity index (χ0) is 17.2. The van der Waals surface area contributed by atoms with Crippen molar-refractivity contribution in [3.63, 3.8) is 0 Å². The van der Waals surface area contributed by atoms with Crippen molar-refractivity contribution in [2.45, 2.75) is 26.4 Å². The number of hydrogen-bond acceptors (Lipinski definition) is 4. The van der Waals surface area contributed by atoms with E-state index in [4.69, 9.17) is 9.84 Å². The maximum Gasteiger partial charge on any atom is 0.221 e. The van der Waals surface area contributed by atoms with E-state index in [1.54, 1.807) is 13.3 Å². The summed E-state index contributed by atoms with van der Waals surface area (Å²) in [5.41, 5.74) is 4.94. The van der Waals surface area contributed by atoms with Gasteiger partial charge >= 0.3 is 0 Å². The van der Waals surface area contributed by atoms with Gasteiger partial charge in [-0.1, -0.05) is 35.9 Å². The van der Waals surface area contributed by atoms with Gasteiger partial charge < -0.3 is 4.74 Å². The van der Waals surface area contributed by atoms with Gasteiger partial charge in [-0.05, 0) is 31.0 Å². The Morgan fingerprint density at radius 2 is 2.08 bits per heavy atom. The van der Waals surface area contributed by atoms with Gasteiger partial charge in [0.25, 0.3) is 0 Å². The van der Waals surface area contributed by atoms with E-state index < -0.39 is 0 Å². The highest BCUT2D eigenvalue weighted by Crippen LogP contribution is 2.30. The fraction of sp³-hybridized carbons (Fsp3) is 0.300. The van der Waals surface area contributed by atoms with Crippen molar-refractivity contribution in [1.82, 2.24) is 19.7 Å². The van der Waals surface area contributed by atoms with Crippen LogP contribution in [0, 0.1) is 6.92 Å². The van der Waals surface area contributed by atoms with Crippen LogP contribution < -0.4 is 4.74 Å². The Labute approximate surface area is 147 Å². The van der Waals surface area contributed by atoms with E-state index in [1.165, 1.54) is 16.7 Å². The predicted octanol–water partition coefficient (Wildman–Crippen LogP) is 3.14. The first-order chi connectivity index (χ1) is 12.2. The molecule has 0 atom stereocenters. The molecule has 1 aliphatic heterocycles. The molecule has 0 radical (unpaired) electrons. The minimum atomic E-state index is 0.791. The molecular weight excluding hydrogens is 312 g/mol. The number of hydrogen-bond donors (Lipinski definition) is 0. The van der Waals surface area contributed by atoms with Gasteiger partial charge in [-0.25, -0.2) is 4.98 Å². The first kappa shape index (κ1) is 15.8. The number of benzene rings is 1. The molecule has 0 bridgehead atoms. The number of aromatic nitrogens is 3. The summed E-state index contributed by atoms with van der Waals surface area (Å²) in [6, 6.07) is 14.5. The van der Waals surface area contributed by atoms with Gasteiger partial charge in [-0.15, -0.1) is 0 Å². The number of fused-ring (bicyclic) bond motifs is 1. The van der Waals surface area contributed by atoms with Gasteiger partial charge in [-0.2, -0.15) is 9.78 Å². The zero-order valence-corrected chi connectivity index (χ0v) is 14.6. The molecule has 25 heavy (non-hydrogen) atoms. The van der Waals surface area contributed by atoms with Crippen LogP contribution in [0.4, 0.5) is 0 Å². The smallest absolute Gasteiger partial charge is 0.221 e. The lowest BCUT2D eigenvalue weighted by Crippen LogP contribution is -2.30. The van der Waals surface area contributed by atoms with Gasteiger partial charge in [0.2, 0.25) is 5.88 Å². The molecule has 5 nitrogen and oxygen atoms in total. The summed E-state index contributed by atoms with van der Waals surface area (Å²) >= 11 is 0. The fourth-order valence-electron chi connectivity index (χ4n) is 3.46. The molecule has 4 rings (SSSR count). The lowest BCUT2D eigenvalue weighted by Gasteiger charge is -2.26. The summed E-state index contributed by atoms with van der Waals surface area (Å²) < 4.78 is 7.47. The van der Waals surface area contributed by atoms with Gasteiger partial charge in [0, 0.05) is 31.4 Å². The molecule has 0 fully saturated rings. The summed E-state index contributed by atoms with van der Waals surface area (Å²) in [7, 11) is 1.70. The first-order valence-corrected chi connectivity index (χ1v) is 8.58. The molecule has 5 heteroatoms. The largest absolute Gasteiger partial charge is 0.481 e. The fourth-order valence-corrected chi connectivity index (χ4v) is 3.46. The molecule has 0 spiro atoms. The molecule has 0 saturated heterocycles. The van der Waals surface area contributed by atoms with E-state index in [2.05, 4.69) is 41.1 Å². The lowest BCUT2D eigenvalue weighted by atomic mass is 10.1. The van der Waals surface area contributed by atoms with Crippen LogP contribution in [0.3, 0.4) is 0 Å². The topological polar surface area (TPSA) is 43.2 Å². The van der Waals surface area contributed by atoms with Crippen molar-refractivity contribution in [2.75, 3.05) is 13.7 Å². The zero-order valence-electron chi connectivity index (χ0n) is 14.6. The number of pyridine rings is 1. The molecule has 1 aliphatic rings. The summed E-state index contributed by atoms with van der Waals surface area (Å²) in [6.07, 6.45) is 2.72. The molecule has 3 aromatic rings. The van der Waals surface area contributed by atoms with Crippen molar-refractivity contribution in [2.24, 2.45) is 0 Å². The molecule has 1 aromatic carbocycles. The average molecular weight is 334 g/mol. The van der Waals surface area contributed by atoms with E-state index in [1.807, 2.05) is 22.9 Å². The Morgan fingerprint density at radius 1 is 1.16 bits per heavy atom. The number of rotatable bonds is 4. The highest BCUT2D eigenvalue weighted by molar-refractivity contribution is 5.39. The van der Waals surface area contributed by atoms with Crippen LogP contribution in [0.25, 0.3) is 5.82 Å². The minimum absolute atomic E-state index is 0.791. The third-order valence-electron chi connectivity index (χ3n) is 4.62. The first-order valence-electron chi connectivity index (χ1n) is 8.58. The summed E-state index contributed by atoms with van der Waals surface area (Å²) in [5.74, 6) is 1.60. The van der Waals surface area contributed by atoms with Crippen molar-refractivity contribution in [3.05, 3.63) is 71.0 Å². The van der Waals surface area contributed by atoms with Crippen molar-refractivity contribution in [1.29, 1.82) is 0 Å². The van der Waals surface area contributed by atoms with E-state index >= 15 is 0 Å². The Bertz CT molecular complexity index is 873. The van der Waals surface area contributed by atoms with Crippen LogP contribution in [-0.2, 0) is 19.5 Å².